The number of nitrogens with zero attached hydrogens (tertiary/aromatic N) is 6. The first-order valence-corrected chi connectivity index (χ1v) is 14.6. The van der Waals surface area contributed by atoms with Crippen molar-refractivity contribution in [2.24, 2.45) is 4.99 Å². The molecule has 8 nitrogen and oxygen atoms in total. The van der Waals surface area contributed by atoms with Gasteiger partial charge in [-0.1, -0.05) is 17.7 Å². The van der Waals surface area contributed by atoms with Gasteiger partial charge in [-0.05, 0) is 56.7 Å². The van der Waals surface area contributed by atoms with Crippen LogP contribution in [-0.2, 0) is 6.54 Å². The number of quaternary nitrogens is 1. The Balaban J connectivity index is 1.41. The highest BCUT2D eigenvalue weighted by Crippen LogP contribution is 2.34. The van der Waals surface area contributed by atoms with E-state index in [2.05, 4.69) is 58.3 Å². The first kappa shape index (κ1) is 27.0. The van der Waals surface area contributed by atoms with Gasteiger partial charge in [-0.3, -0.25) is 4.79 Å². The molecule has 1 aliphatic rings. The van der Waals surface area contributed by atoms with Gasteiger partial charge in [0.1, 0.15) is 17.9 Å². The molecule has 4 heterocycles. The molecule has 0 aliphatic carbocycles. The molecule has 0 spiro atoms. The molecule has 0 radical (unpaired) electrons. The zero-order valence-corrected chi connectivity index (χ0v) is 24.3. The number of aliphatic imine (C=N–C) groups is 1. The molecule has 5 rings (SSSR count). The van der Waals surface area contributed by atoms with Gasteiger partial charge in [0, 0.05) is 42.6 Å². The van der Waals surface area contributed by atoms with Gasteiger partial charge in [-0.25, -0.2) is 14.4 Å². The molecule has 0 unspecified atom stereocenters. The number of hydrogen-bond donors (Lipinski definition) is 1. The first-order valence-electron chi connectivity index (χ1n) is 13.7. The summed E-state index contributed by atoms with van der Waals surface area (Å²) in [6.45, 7) is 11.2. The highest BCUT2D eigenvalue weighted by atomic mass is 32.1. The van der Waals surface area contributed by atoms with Crippen molar-refractivity contribution in [1.82, 2.24) is 19.6 Å². The average Bonchev–Trinajstić information content (AvgIpc) is 3.66. The summed E-state index contributed by atoms with van der Waals surface area (Å²) >= 11 is 1.77. The number of amides is 1. The minimum atomic E-state index is -0.244. The number of nitrogens with one attached hydrogen (secondary N) is 1. The van der Waals surface area contributed by atoms with Crippen molar-refractivity contribution in [3.8, 4) is 5.69 Å². The summed E-state index contributed by atoms with van der Waals surface area (Å²) < 4.78 is 4.68. The third kappa shape index (κ3) is 5.89. The quantitative estimate of drug-likeness (QED) is 0.203. The van der Waals surface area contributed by atoms with E-state index in [1.807, 2.05) is 43.7 Å². The minimum Gasteiger partial charge on any atom is -0.322 e. The molecule has 1 amide bonds. The fourth-order valence-electron chi connectivity index (χ4n) is 5.37. The Labute approximate surface area is 234 Å². The predicted molar refractivity (Wildman–Crippen MR) is 159 cm³/mol. The number of aromatic nitrogens is 4. The summed E-state index contributed by atoms with van der Waals surface area (Å²) in [4.78, 5) is 18.0. The van der Waals surface area contributed by atoms with Crippen LogP contribution in [0.2, 0.25) is 0 Å². The number of anilines is 1. The van der Waals surface area contributed by atoms with Crippen LogP contribution in [0.15, 0.2) is 58.3 Å². The molecule has 4 aromatic rings. The molecular weight excluding hydrogens is 506 g/mol. The Bertz CT molecular complexity index is 1440. The van der Waals surface area contributed by atoms with Gasteiger partial charge >= 0.3 is 0 Å². The molecule has 1 aromatic carbocycles. The van der Waals surface area contributed by atoms with Crippen LogP contribution in [0, 0.1) is 6.92 Å². The number of carbonyl (C=O) groups excluding carboxylic acids is 1. The maximum atomic E-state index is 13.5. The highest BCUT2D eigenvalue weighted by Gasteiger charge is 2.33. The van der Waals surface area contributed by atoms with Crippen LogP contribution in [0.1, 0.15) is 72.8 Å². The van der Waals surface area contributed by atoms with Crippen molar-refractivity contribution >= 4 is 35.1 Å². The standard InChI is InChI=1S/C30H37N7OS/c1-6-31-29-26(18-32-35(29)21(2)3)30(38)33-28-17-27(34-36(28)25-9-7-22(4)8-10-25)24-11-14-37(5,15-12-24)19-23-13-16-39-20-23/h6-10,13,16-18,20-21,24H,11-12,14-15,19H2,1-5H3/p+1. The SMILES string of the molecule is CC=Nc1c(C(=O)Nc2cc(C3CC[N+](C)(Cc4ccsc4)CC3)nn2-c2ccc(C)cc2)cnn1C(C)C. The Morgan fingerprint density at radius 2 is 1.97 bits per heavy atom. The van der Waals surface area contributed by atoms with Crippen LogP contribution in [0.25, 0.3) is 5.69 Å². The highest BCUT2D eigenvalue weighted by molar-refractivity contribution is 7.07. The predicted octanol–water partition coefficient (Wildman–Crippen LogP) is 6.52. The number of benzene rings is 1. The van der Waals surface area contributed by atoms with Gasteiger partial charge in [0.25, 0.3) is 5.91 Å². The second-order valence-electron chi connectivity index (χ2n) is 11.1. The molecule has 0 atom stereocenters. The third-order valence-corrected chi connectivity index (χ3v) is 8.33. The third-order valence-electron chi connectivity index (χ3n) is 7.60. The van der Waals surface area contributed by atoms with E-state index in [-0.39, 0.29) is 11.9 Å². The molecule has 0 bridgehead atoms. The maximum Gasteiger partial charge on any atom is 0.262 e. The fraction of sp³-hybridized carbons (Fsp3) is 0.400. The number of thiophene rings is 1. The van der Waals surface area contributed by atoms with E-state index in [0.29, 0.717) is 23.1 Å². The van der Waals surface area contributed by atoms with Gasteiger partial charge in [-0.15, -0.1) is 0 Å². The number of carbonyl (C=O) groups is 1. The smallest absolute Gasteiger partial charge is 0.262 e. The summed E-state index contributed by atoms with van der Waals surface area (Å²) in [7, 11) is 2.36. The van der Waals surface area contributed by atoms with Crippen LogP contribution < -0.4 is 5.32 Å². The average molecular weight is 545 g/mol. The molecule has 39 heavy (non-hydrogen) atoms. The van der Waals surface area contributed by atoms with Crippen molar-refractivity contribution in [2.45, 2.75) is 59.0 Å². The van der Waals surface area contributed by atoms with Gasteiger partial charge in [0.05, 0.1) is 37.7 Å². The summed E-state index contributed by atoms with van der Waals surface area (Å²) in [5, 5.41) is 17.0. The normalized spacial score (nSPS) is 19.7. The van der Waals surface area contributed by atoms with E-state index in [4.69, 9.17) is 5.10 Å². The van der Waals surface area contributed by atoms with Crippen molar-refractivity contribution in [3.63, 3.8) is 0 Å². The second kappa shape index (κ2) is 11.3. The fourth-order valence-corrected chi connectivity index (χ4v) is 6.03. The molecule has 9 heteroatoms. The first-order chi connectivity index (χ1) is 18.8. The van der Waals surface area contributed by atoms with Crippen LogP contribution >= 0.6 is 11.3 Å². The Hall–Kier alpha value is -3.56. The molecule has 0 saturated carbocycles. The Kier molecular flexibility index (Phi) is 7.81. The molecule has 1 aliphatic heterocycles. The summed E-state index contributed by atoms with van der Waals surface area (Å²) in [5.41, 5.74) is 4.98. The lowest BCUT2D eigenvalue weighted by Crippen LogP contribution is -2.48. The molecular formula is C30H38N7OS+. The molecule has 3 aromatic heterocycles. The summed E-state index contributed by atoms with van der Waals surface area (Å²) in [6, 6.07) is 12.6. The van der Waals surface area contributed by atoms with Crippen LogP contribution in [0.5, 0.6) is 0 Å². The lowest BCUT2D eigenvalue weighted by Gasteiger charge is -2.40. The number of rotatable bonds is 8. The maximum absolute atomic E-state index is 13.5. The Morgan fingerprint density at radius 3 is 2.62 bits per heavy atom. The zero-order valence-electron chi connectivity index (χ0n) is 23.5. The van der Waals surface area contributed by atoms with Crippen molar-refractivity contribution in [1.29, 1.82) is 0 Å². The van der Waals surface area contributed by atoms with E-state index in [9.17, 15) is 4.79 Å². The number of likely N-dealkylation sites (tertiary alicyclic amines) is 1. The van der Waals surface area contributed by atoms with Crippen LogP contribution in [-0.4, -0.2) is 56.3 Å². The lowest BCUT2D eigenvalue weighted by molar-refractivity contribution is -0.927. The van der Waals surface area contributed by atoms with Gasteiger partial charge in [0.2, 0.25) is 0 Å². The number of aryl methyl sites for hydroxylation is 1. The van der Waals surface area contributed by atoms with Crippen LogP contribution in [0.3, 0.4) is 0 Å². The van der Waals surface area contributed by atoms with E-state index in [1.54, 1.807) is 28.4 Å². The van der Waals surface area contributed by atoms with Gasteiger partial charge < -0.3 is 9.80 Å². The van der Waals surface area contributed by atoms with Crippen LogP contribution in [0.4, 0.5) is 11.6 Å². The zero-order chi connectivity index (χ0) is 27.6. The van der Waals surface area contributed by atoms with E-state index in [1.165, 1.54) is 11.1 Å². The minimum absolute atomic E-state index is 0.0880. The van der Waals surface area contributed by atoms with Crippen molar-refractivity contribution < 1.29 is 9.28 Å². The monoisotopic (exact) mass is 544 g/mol. The van der Waals surface area contributed by atoms with E-state index >= 15 is 0 Å². The molecule has 1 N–H and O–H groups in total. The molecule has 1 fully saturated rings. The summed E-state index contributed by atoms with van der Waals surface area (Å²) in [6.07, 6.45) is 5.42. The largest absolute Gasteiger partial charge is 0.322 e. The second-order valence-corrected chi connectivity index (χ2v) is 11.9. The van der Waals surface area contributed by atoms with Crippen molar-refractivity contribution in [3.05, 3.63) is 75.7 Å². The lowest BCUT2D eigenvalue weighted by atomic mass is 9.92. The van der Waals surface area contributed by atoms with Crippen molar-refractivity contribution in [2.75, 3.05) is 25.5 Å². The van der Waals surface area contributed by atoms with Gasteiger partial charge in [0.15, 0.2) is 5.82 Å². The van der Waals surface area contributed by atoms with E-state index in [0.717, 1.165) is 48.3 Å². The Morgan fingerprint density at radius 1 is 1.23 bits per heavy atom. The van der Waals surface area contributed by atoms with Gasteiger partial charge in [-0.2, -0.15) is 21.5 Å². The molecule has 204 valence electrons. The topological polar surface area (TPSA) is 77.1 Å². The number of piperidine rings is 1. The van der Waals surface area contributed by atoms with E-state index < -0.39 is 0 Å². The summed E-state index contributed by atoms with van der Waals surface area (Å²) in [5.74, 6) is 1.32. The number of hydrogen-bond acceptors (Lipinski definition) is 5. The molecule has 1 saturated heterocycles.